The number of rotatable bonds is 0. The second-order valence-corrected chi connectivity index (χ2v) is 7.06. The Morgan fingerprint density at radius 2 is 1.46 bits per heavy atom. The molecular weight excluding hydrogens is 312 g/mol. The van der Waals surface area contributed by atoms with E-state index in [9.17, 15) is 0 Å². The summed E-state index contributed by atoms with van der Waals surface area (Å²) < 4.78 is 0. The molecule has 0 heterocycles. The van der Waals surface area contributed by atoms with E-state index in [-0.39, 0.29) is 12.8 Å². The first kappa shape index (κ1) is 20.0. The van der Waals surface area contributed by atoms with Gasteiger partial charge in [0.25, 0.3) is 0 Å². The van der Waals surface area contributed by atoms with Crippen LogP contribution < -0.4 is 0 Å². The Kier molecular flexibility index (Phi) is 6.80. The highest BCUT2D eigenvalue weighted by molar-refractivity contribution is 5.81. The maximum absolute atomic E-state index is 4.34. The highest BCUT2D eigenvalue weighted by Crippen LogP contribution is 2.54. The average Bonchev–Trinajstić information content (AvgIpc) is 2.94. The van der Waals surface area contributed by atoms with Gasteiger partial charge in [0.15, 0.2) is 0 Å². The molecule has 0 bridgehead atoms. The maximum atomic E-state index is 4.34. The fraction of sp³-hybridized carbons (Fsp3) is 0.308. The van der Waals surface area contributed by atoms with E-state index in [4.69, 9.17) is 0 Å². The summed E-state index contributed by atoms with van der Waals surface area (Å²) in [6.07, 6.45) is 12.3. The van der Waals surface area contributed by atoms with Crippen molar-refractivity contribution in [1.29, 1.82) is 0 Å². The number of allylic oxidation sites excluding steroid dienone is 4. The minimum atomic E-state index is 0. The van der Waals surface area contributed by atoms with Gasteiger partial charge in [-0.3, -0.25) is 0 Å². The SMILES string of the molecule is C.C=C1/C=C\CCCCC2(C1)c1ccccc1-c1ccccc12.C=CC. The zero-order valence-corrected chi connectivity index (χ0v) is 15.3. The van der Waals surface area contributed by atoms with Crippen molar-refractivity contribution < 1.29 is 0 Å². The van der Waals surface area contributed by atoms with Gasteiger partial charge in [-0.15, -0.1) is 6.58 Å². The molecule has 0 aromatic heterocycles. The normalized spacial score (nSPS) is 18.0. The van der Waals surface area contributed by atoms with Crippen LogP contribution in [0.5, 0.6) is 0 Å². The van der Waals surface area contributed by atoms with Gasteiger partial charge >= 0.3 is 0 Å². The topological polar surface area (TPSA) is 0 Å². The Morgan fingerprint density at radius 3 is 2.04 bits per heavy atom. The second-order valence-electron chi connectivity index (χ2n) is 7.06. The molecule has 0 nitrogen and oxygen atoms in total. The molecule has 0 unspecified atom stereocenters. The molecule has 0 aliphatic heterocycles. The number of hydrogen-bond donors (Lipinski definition) is 0. The Morgan fingerprint density at radius 1 is 0.923 bits per heavy atom. The third kappa shape index (κ3) is 3.60. The first-order valence-corrected chi connectivity index (χ1v) is 9.33. The van der Waals surface area contributed by atoms with Crippen LogP contribution in [0.4, 0.5) is 0 Å². The summed E-state index contributed by atoms with van der Waals surface area (Å²) in [6, 6.07) is 18.0. The van der Waals surface area contributed by atoms with E-state index in [1.807, 2.05) is 6.92 Å². The molecule has 0 atom stereocenters. The molecule has 2 aromatic rings. The fourth-order valence-electron chi connectivity index (χ4n) is 4.35. The third-order valence-electron chi connectivity index (χ3n) is 5.28. The molecule has 0 fully saturated rings. The highest BCUT2D eigenvalue weighted by Gasteiger charge is 2.42. The first-order chi connectivity index (χ1) is 12.2. The summed E-state index contributed by atoms with van der Waals surface area (Å²) in [5.41, 5.74) is 7.25. The average molecular weight is 345 g/mol. The molecular formula is C26H32. The van der Waals surface area contributed by atoms with Crippen molar-refractivity contribution in [3.63, 3.8) is 0 Å². The number of benzene rings is 2. The predicted octanol–water partition coefficient (Wildman–Crippen LogP) is 7.86. The Bertz CT molecular complexity index is 746. The van der Waals surface area contributed by atoms with E-state index in [0.717, 1.165) is 6.42 Å². The smallest absolute Gasteiger partial charge is 0.0255 e. The quantitative estimate of drug-likeness (QED) is 0.427. The molecule has 26 heavy (non-hydrogen) atoms. The molecule has 2 aliphatic rings. The molecule has 2 aromatic carbocycles. The third-order valence-corrected chi connectivity index (χ3v) is 5.28. The zero-order valence-electron chi connectivity index (χ0n) is 15.3. The van der Waals surface area contributed by atoms with E-state index >= 15 is 0 Å². The molecule has 0 N–H and O–H groups in total. The maximum Gasteiger partial charge on any atom is 0.0255 e. The molecule has 4 rings (SSSR count). The van der Waals surface area contributed by atoms with Crippen LogP contribution in [0.1, 0.15) is 57.6 Å². The van der Waals surface area contributed by atoms with Crippen LogP contribution in [0.2, 0.25) is 0 Å². The van der Waals surface area contributed by atoms with Gasteiger partial charge in [-0.2, -0.15) is 0 Å². The van der Waals surface area contributed by atoms with Crippen LogP contribution in [0.3, 0.4) is 0 Å². The lowest BCUT2D eigenvalue weighted by molar-refractivity contribution is 0.459. The van der Waals surface area contributed by atoms with Gasteiger partial charge in [-0.05, 0) is 54.9 Å². The predicted molar refractivity (Wildman–Crippen MR) is 117 cm³/mol. The Labute approximate surface area is 160 Å². The van der Waals surface area contributed by atoms with Crippen molar-refractivity contribution in [2.75, 3.05) is 0 Å². The van der Waals surface area contributed by atoms with Crippen LogP contribution in [0.25, 0.3) is 11.1 Å². The molecule has 0 heteroatoms. The van der Waals surface area contributed by atoms with Gasteiger partial charge in [0.05, 0.1) is 0 Å². The van der Waals surface area contributed by atoms with E-state index < -0.39 is 0 Å². The van der Waals surface area contributed by atoms with Crippen molar-refractivity contribution >= 4 is 0 Å². The minimum Gasteiger partial charge on any atom is -0.103 e. The molecule has 0 saturated carbocycles. The lowest BCUT2D eigenvalue weighted by Gasteiger charge is -2.32. The van der Waals surface area contributed by atoms with Crippen molar-refractivity contribution in [2.45, 2.75) is 51.9 Å². The molecule has 0 saturated heterocycles. The van der Waals surface area contributed by atoms with Gasteiger partial charge < -0.3 is 0 Å². The van der Waals surface area contributed by atoms with Crippen LogP contribution >= 0.6 is 0 Å². The standard InChI is InChI=1S/C22H22.C3H6.CH4/c1-17-10-4-2-3-9-15-22(16-17)20-13-7-5-11-18(20)19-12-6-8-14-21(19)22;1-3-2;/h4-8,10-14H,1-3,9,15-16H2;3H,1H2,2H3;1H4/b10-4-;;. The van der Waals surface area contributed by atoms with Gasteiger partial charge in [-0.25, -0.2) is 0 Å². The van der Waals surface area contributed by atoms with Gasteiger partial charge in [0.2, 0.25) is 0 Å². The second kappa shape index (κ2) is 8.85. The van der Waals surface area contributed by atoms with Crippen LogP contribution in [0, 0.1) is 0 Å². The van der Waals surface area contributed by atoms with Crippen LogP contribution in [-0.2, 0) is 5.41 Å². The zero-order chi connectivity index (χ0) is 17.7. The molecule has 1 spiro atoms. The molecule has 2 aliphatic carbocycles. The fourth-order valence-corrected chi connectivity index (χ4v) is 4.35. The van der Waals surface area contributed by atoms with E-state index in [2.05, 4.69) is 73.8 Å². The van der Waals surface area contributed by atoms with Gasteiger partial charge in [0.1, 0.15) is 0 Å². The summed E-state index contributed by atoms with van der Waals surface area (Å²) in [4.78, 5) is 0. The largest absolute Gasteiger partial charge is 0.103 e. The lowest BCUT2D eigenvalue weighted by Crippen LogP contribution is -2.25. The number of hydrogen-bond acceptors (Lipinski definition) is 0. The Hall–Kier alpha value is -2.34. The van der Waals surface area contributed by atoms with Crippen molar-refractivity contribution in [3.05, 3.63) is 96.6 Å². The summed E-state index contributed by atoms with van der Waals surface area (Å²) in [5, 5.41) is 0. The van der Waals surface area contributed by atoms with Gasteiger partial charge in [0, 0.05) is 5.41 Å². The van der Waals surface area contributed by atoms with Crippen LogP contribution in [0.15, 0.2) is 85.5 Å². The lowest BCUT2D eigenvalue weighted by atomic mass is 9.70. The van der Waals surface area contributed by atoms with Crippen molar-refractivity contribution in [2.24, 2.45) is 0 Å². The molecule has 0 amide bonds. The molecule has 0 radical (unpaired) electrons. The highest BCUT2D eigenvalue weighted by atomic mass is 14.4. The summed E-state index contributed by atoms with van der Waals surface area (Å²) >= 11 is 0. The monoisotopic (exact) mass is 344 g/mol. The first-order valence-electron chi connectivity index (χ1n) is 9.33. The van der Waals surface area contributed by atoms with E-state index in [1.165, 1.54) is 53.5 Å². The summed E-state index contributed by atoms with van der Waals surface area (Å²) in [7, 11) is 0. The van der Waals surface area contributed by atoms with E-state index in [1.54, 1.807) is 6.08 Å². The van der Waals surface area contributed by atoms with Crippen molar-refractivity contribution in [3.8, 4) is 11.1 Å². The van der Waals surface area contributed by atoms with Gasteiger partial charge in [-0.1, -0.05) is 92.8 Å². The summed E-state index contributed by atoms with van der Waals surface area (Å²) in [5.74, 6) is 0. The van der Waals surface area contributed by atoms with E-state index in [0.29, 0.717) is 0 Å². The molecule has 136 valence electrons. The minimum absolute atomic E-state index is 0. The summed E-state index contributed by atoms with van der Waals surface area (Å²) in [6.45, 7) is 9.59. The van der Waals surface area contributed by atoms with Crippen LogP contribution in [-0.4, -0.2) is 0 Å². The number of fused-ring (bicyclic) bond motifs is 5. The van der Waals surface area contributed by atoms with Crippen molar-refractivity contribution in [1.82, 2.24) is 0 Å². The Balaban J connectivity index is 0.000000570.